The van der Waals surface area contributed by atoms with Gasteiger partial charge in [-0.15, -0.1) is 0 Å². The van der Waals surface area contributed by atoms with Crippen molar-refractivity contribution in [3.05, 3.63) is 35.1 Å². The lowest BCUT2D eigenvalue weighted by Gasteiger charge is -2.06. The highest BCUT2D eigenvalue weighted by Crippen LogP contribution is 2.27. The van der Waals surface area contributed by atoms with E-state index in [1.807, 2.05) is 6.92 Å². The second kappa shape index (κ2) is 5.41. The van der Waals surface area contributed by atoms with E-state index in [9.17, 15) is 9.18 Å². The van der Waals surface area contributed by atoms with Crippen LogP contribution in [0.4, 0.5) is 4.39 Å². The van der Waals surface area contributed by atoms with Gasteiger partial charge < -0.3 is 5.32 Å². The van der Waals surface area contributed by atoms with Gasteiger partial charge >= 0.3 is 0 Å². The van der Waals surface area contributed by atoms with Crippen molar-refractivity contribution in [3.8, 4) is 0 Å². The van der Waals surface area contributed by atoms with Gasteiger partial charge in [0.15, 0.2) is 5.78 Å². The fourth-order valence-corrected chi connectivity index (χ4v) is 1.84. The van der Waals surface area contributed by atoms with Gasteiger partial charge in [0.1, 0.15) is 5.82 Å². The topological polar surface area (TPSA) is 29.1 Å². The molecule has 17 heavy (non-hydrogen) atoms. The van der Waals surface area contributed by atoms with Crippen LogP contribution in [0.5, 0.6) is 0 Å². The van der Waals surface area contributed by atoms with E-state index in [-0.39, 0.29) is 11.6 Å². The van der Waals surface area contributed by atoms with Crippen molar-refractivity contribution in [2.24, 2.45) is 5.92 Å². The summed E-state index contributed by atoms with van der Waals surface area (Å²) in [5, 5.41) is 3.16. The number of hydrogen-bond acceptors (Lipinski definition) is 2. The molecule has 3 heteroatoms. The maximum Gasteiger partial charge on any atom is 0.150 e. The highest BCUT2D eigenvalue weighted by atomic mass is 19.1. The normalized spacial score (nSPS) is 14.9. The zero-order valence-corrected chi connectivity index (χ0v) is 10.1. The van der Waals surface area contributed by atoms with Gasteiger partial charge in [-0.1, -0.05) is 6.07 Å². The molecule has 1 N–H and O–H groups in total. The van der Waals surface area contributed by atoms with Gasteiger partial charge in [-0.3, -0.25) is 4.79 Å². The molecule has 0 atom stereocenters. The second-order valence-corrected chi connectivity index (χ2v) is 4.86. The molecule has 0 bridgehead atoms. The van der Waals surface area contributed by atoms with Gasteiger partial charge in [0.25, 0.3) is 0 Å². The van der Waals surface area contributed by atoms with Gasteiger partial charge in [0.2, 0.25) is 0 Å². The quantitative estimate of drug-likeness (QED) is 0.819. The number of carbonyl (C=O) groups excluding carboxylic acids is 1. The third-order valence-corrected chi connectivity index (χ3v) is 3.15. The van der Waals surface area contributed by atoms with Crippen LogP contribution < -0.4 is 5.32 Å². The summed E-state index contributed by atoms with van der Waals surface area (Å²) in [6.45, 7) is 3.24. The number of hydrogen-bond donors (Lipinski definition) is 1. The molecule has 1 aliphatic carbocycles. The molecule has 1 aromatic carbocycles. The third-order valence-electron chi connectivity index (χ3n) is 3.15. The van der Waals surface area contributed by atoms with Crippen molar-refractivity contribution < 1.29 is 9.18 Å². The van der Waals surface area contributed by atoms with Crippen LogP contribution in [0.3, 0.4) is 0 Å². The molecule has 0 unspecified atom stereocenters. The van der Waals surface area contributed by atoms with Crippen molar-refractivity contribution in [3.63, 3.8) is 0 Å². The maximum atomic E-state index is 13.0. The van der Waals surface area contributed by atoms with Crippen LogP contribution >= 0.6 is 0 Å². The Labute approximate surface area is 101 Å². The number of aryl methyl sites for hydroxylation is 1. The molecular weight excluding hydrogens is 217 g/mol. The molecule has 2 rings (SSSR count). The second-order valence-electron chi connectivity index (χ2n) is 4.86. The zero-order chi connectivity index (χ0) is 12.3. The molecule has 0 aromatic heterocycles. The number of rotatable bonds is 6. The molecule has 0 amide bonds. The number of carbonyl (C=O) groups is 1. The Morgan fingerprint density at radius 1 is 1.47 bits per heavy atom. The molecule has 0 spiro atoms. The first-order valence-corrected chi connectivity index (χ1v) is 6.12. The van der Waals surface area contributed by atoms with Gasteiger partial charge in [0, 0.05) is 6.42 Å². The van der Waals surface area contributed by atoms with Crippen molar-refractivity contribution >= 4 is 5.78 Å². The van der Waals surface area contributed by atoms with E-state index in [1.165, 1.54) is 25.0 Å². The van der Waals surface area contributed by atoms with Crippen LogP contribution in [0.25, 0.3) is 0 Å². The first-order valence-electron chi connectivity index (χ1n) is 6.12. The van der Waals surface area contributed by atoms with Crippen LogP contribution in [-0.2, 0) is 11.2 Å². The van der Waals surface area contributed by atoms with E-state index < -0.39 is 0 Å². The van der Waals surface area contributed by atoms with Gasteiger partial charge in [-0.25, -0.2) is 4.39 Å². The van der Waals surface area contributed by atoms with E-state index in [0.29, 0.717) is 13.0 Å². The van der Waals surface area contributed by atoms with Crippen LogP contribution in [0.2, 0.25) is 0 Å². The Hall–Kier alpha value is -1.22. The molecule has 0 saturated heterocycles. The number of nitrogens with one attached hydrogen (secondary N) is 1. The minimum atomic E-state index is -0.274. The first kappa shape index (κ1) is 12.2. The average molecular weight is 235 g/mol. The van der Waals surface area contributed by atoms with Gasteiger partial charge in [-0.2, -0.15) is 0 Å². The van der Waals surface area contributed by atoms with Crippen LogP contribution in [0.15, 0.2) is 18.2 Å². The lowest BCUT2D eigenvalue weighted by Crippen LogP contribution is -2.26. The number of halogens is 1. The summed E-state index contributed by atoms with van der Waals surface area (Å²) in [6.07, 6.45) is 2.88. The predicted octanol–water partition coefficient (Wildman–Crippen LogP) is 2.25. The molecule has 1 aromatic rings. The lowest BCUT2D eigenvalue weighted by atomic mass is 10.0. The molecule has 92 valence electrons. The summed E-state index contributed by atoms with van der Waals surface area (Å²) in [5.41, 5.74) is 1.77. The average Bonchev–Trinajstić information content (AvgIpc) is 3.07. The van der Waals surface area contributed by atoms with E-state index in [4.69, 9.17) is 0 Å². The fourth-order valence-electron chi connectivity index (χ4n) is 1.84. The van der Waals surface area contributed by atoms with Crippen LogP contribution in [-0.4, -0.2) is 18.9 Å². The van der Waals surface area contributed by atoms with Gasteiger partial charge in [-0.05, 0) is 55.5 Å². The summed E-state index contributed by atoms with van der Waals surface area (Å²) in [6, 6.07) is 4.60. The zero-order valence-electron chi connectivity index (χ0n) is 10.1. The molecule has 1 saturated carbocycles. The molecule has 2 nitrogen and oxygen atoms in total. The Balaban J connectivity index is 1.81. The van der Waals surface area contributed by atoms with Gasteiger partial charge in [0.05, 0.1) is 6.54 Å². The molecule has 0 radical (unpaired) electrons. The highest BCUT2D eigenvalue weighted by molar-refractivity contribution is 5.83. The van der Waals surface area contributed by atoms with Crippen LogP contribution in [0, 0.1) is 18.7 Å². The minimum Gasteiger partial charge on any atom is -0.310 e. The molecule has 1 fully saturated rings. The smallest absolute Gasteiger partial charge is 0.150 e. The molecular formula is C14H18FNO. The number of ketones is 1. The third kappa shape index (κ3) is 3.93. The van der Waals surface area contributed by atoms with Crippen molar-refractivity contribution in [2.75, 3.05) is 13.1 Å². The van der Waals surface area contributed by atoms with Crippen LogP contribution in [0.1, 0.15) is 24.0 Å². The highest BCUT2D eigenvalue weighted by Gasteiger charge is 2.20. The summed E-state index contributed by atoms with van der Waals surface area (Å²) >= 11 is 0. The first-order chi connectivity index (χ1) is 8.15. The summed E-state index contributed by atoms with van der Waals surface area (Å²) in [7, 11) is 0. The minimum absolute atomic E-state index is 0.124. The standard InChI is InChI=1S/C14H18FNO/c1-10-2-5-13(15)6-12(10)7-14(17)9-16-8-11-3-4-11/h2,5-6,11,16H,3-4,7-9H2,1H3. The Morgan fingerprint density at radius 3 is 2.94 bits per heavy atom. The Kier molecular flexibility index (Phi) is 3.89. The van der Waals surface area contributed by atoms with E-state index in [1.54, 1.807) is 6.07 Å². The maximum absolute atomic E-state index is 13.0. The monoisotopic (exact) mass is 235 g/mol. The number of benzene rings is 1. The Bertz CT molecular complexity index is 413. The van der Waals surface area contributed by atoms with E-state index in [2.05, 4.69) is 5.32 Å². The largest absolute Gasteiger partial charge is 0.310 e. The fraction of sp³-hybridized carbons (Fsp3) is 0.500. The SMILES string of the molecule is Cc1ccc(F)cc1CC(=O)CNCC1CC1. The Morgan fingerprint density at radius 2 is 2.24 bits per heavy atom. The van der Waals surface area contributed by atoms with E-state index >= 15 is 0 Å². The lowest BCUT2D eigenvalue weighted by molar-refractivity contribution is -0.117. The van der Waals surface area contributed by atoms with Crippen molar-refractivity contribution in [1.29, 1.82) is 0 Å². The molecule has 1 aliphatic rings. The van der Waals surface area contributed by atoms with Crippen molar-refractivity contribution in [1.82, 2.24) is 5.32 Å². The summed E-state index contributed by atoms with van der Waals surface area (Å²) in [4.78, 5) is 11.7. The summed E-state index contributed by atoms with van der Waals surface area (Å²) < 4.78 is 13.0. The molecule has 0 heterocycles. The molecule has 0 aliphatic heterocycles. The predicted molar refractivity (Wildman–Crippen MR) is 65.4 cm³/mol. The number of Topliss-reactive ketones (excluding diaryl/α,β-unsaturated/α-hetero) is 1. The van der Waals surface area contributed by atoms with E-state index in [0.717, 1.165) is 23.6 Å². The van der Waals surface area contributed by atoms with Crippen molar-refractivity contribution in [2.45, 2.75) is 26.2 Å². The summed E-state index contributed by atoms with van der Waals surface area (Å²) in [5.74, 6) is 0.627.